The molecule has 1 fully saturated rings. The van der Waals surface area contributed by atoms with Crippen molar-refractivity contribution in [1.82, 2.24) is 9.36 Å². The summed E-state index contributed by atoms with van der Waals surface area (Å²) in [4.78, 5) is 4.25. The lowest BCUT2D eigenvalue weighted by atomic mass is 10.1. The number of aromatic nitrogens is 2. The van der Waals surface area contributed by atoms with E-state index in [1.165, 1.54) is 11.5 Å². The van der Waals surface area contributed by atoms with Crippen LogP contribution in [0.5, 0.6) is 0 Å². The van der Waals surface area contributed by atoms with Crippen molar-refractivity contribution in [2.75, 3.05) is 6.61 Å². The lowest BCUT2D eigenvalue weighted by molar-refractivity contribution is -0.182. The van der Waals surface area contributed by atoms with E-state index in [2.05, 4.69) is 9.36 Å². The zero-order chi connectivity index (χ0) is 13.8. The normalized spacial score (nSPS) is 20.8. The molecule has 3 rings (SSSR count). The number of hydrogen-bond acceptors (Lipinski definition) is 5. The highest BCUT2D eigenvalue weighted by Crippen LogP contribution is 2.29. The van der Waals surface area contributed by atoms with Crippen LogP contribution in [0.3, 0.4) is 0 Å². The van der Waals surface area contributed by atoms with Gasteiger partial charge in [-0.15, -0.1) is 0 Å². The fourth-order valence-corrected chi connectivity index (χ4v) is 2.84. The van der Waals surface area contributed by atoms with Crippen LogP contribution < -0.4 is 0 Å². The Hall–Kier alpha value is -1.01. The number of halogens is 1. The number of ether oxygens (including phenoxy) is 2. The largest absolute Gasteiger partial charge is 0.353 e. The summed E-state index contributed by atoms with van der Waals surface area (Å²) >= 11 is 7.07. The molecular weight excluding hydrogens is 296 g/mol. The van der Waals surface area contributed by atoms with Crippen molar-refractivity contribution in [3.63, 3.8) is 0 Å². The molecule has 1 aromatic heterocycles. The predicted molar refractivity (Wildman–Crippen MR) is 77.9 cm³/mol. The van der Waals surface area contributed by atoms with E-state index in [0.29, 0.717) is 10.3 Å². The van der Waals surface area contributed by atoms with Gasteiger partial charge in [-0.25, -0.2) is 4.98 Å². The molecule has 2 atom stereocenters. The molecule has 0 saturated carbocycles. The molecular formula is C14H15ClN2O2S. The summed E-state index contributed by atoms with van der Waals surface area (Å²) in [5.41, 5.74) is 1.01. The summed E-state index contributed by atoms with van der Waals surface area (Å²) < 4.78 is 16.4. The van der Waals surface area contributed by atoms with Gasteiger partial charge in [0.1, 0.15) is 6.10 Å². The highest BCUT2D eigenvalue weighted by Gasteiger charge is 2.25. The second-order valence-electron chi connectivity index (χ2n) is 4.63. The maximum atomic E-state index is 6.08. The van der Waals surface area contributed by atoms with Crippen molar-refractivity contribution in [1.29, 1.82) is 0 Å². The monoisotopic (exact) mass is 310 g/mol. The third-order valence-corrected chi connectivity index (χ3v) is 3.99. The summed E-state index contributed by atoms with van der Waals surface area (Å²) in [6, 6.07) is 9.92. The molecule has 0 N–H and O–H groups in total. The Labute approximate surface area is 126 Å². The Balaban J connectivity index is 1.83. The van der Waals surface area contributed by atoms with E-state index >= 15 is 0 Å². The van der Waals surface area contributed by atoms with E-state index in [9.17, 15) is 0 Å². The predicted octanol–water partition coefficient (Wildman–Crippen LogP) is 3.82. The quantitative estimate of drug-likeness (QED) is 0.861. The molecule has 1 aromatic carbocycles. The maximum absolute atomic E-state index is 6.08. The van der Waals surface area contributed by atoms with Crippen molar-refractivity contribution in [2.45, 2.75) is 31.7 Å². The number of benzene rings is 1. The Morgan fingerprint density at radius 3 is 2.80 bits per heavy atom. The molecule has 4 nitrogen and oxygen atoms in total. The molecule has 1 aliphatic rings. The van der Waals surface area contributed by atoms with Gasteiger partial charge >= 0.3 is 0 Å². The van der Waals surface area contributed by atoms with Gasteiger partial charge in [-0.3, -0.25) is 0 Å². The molecule has 20 heavy (non-hydrogen) atoms. The Kier molecular flexibility index (Phi) is 4.62. The molecule has 0 amide bonds. The Morgan fingerprint density at radius 1 is 1.30 bits per heavy atom. The highest BCUT2D eigenvalue weighted by atomic mass is 35.5. The highest BCUT2D eigenvalue weighted by molar-refractivity contribution is 7.10. The van der Waals surface area contributed by atoms with Crippen LogP contribution in [-0.2, 0) is 9.47 Å². The van der Waals surface area contributed by atoms with Gasteiger partial charge in [0.15, 0.2) is 12.1 Å². The average molecular weight is 311 g/mol. The number of nitrogens with zero attached hydrogens (tertiary/aromatic N) is 2. The molecule has 1 saturated heterocycles. The zero-order valence-electron chi connectivity index (χ0n) is 10.9. The Morgan fingerprint density at radius 2 is 2.15 bits per heavy atom. The SMILES string of the molecule is Clc1nc([C@H](O[C@H]2CCCCO2)c2ccccc2)ns1. The second kappa shape index (κ2) is 6.63. The molecule has 0 unspecified atom stereocenters. The van der Waals surface area contributed by atoms with Crippen molar-refractivity contribution in [2.24, 2.45) is 0 Å². The summed E-state index contributed by atoms with van der Waals surface area (Å²) in [7, 11) is 0. The maximum Gasteiger partial charge on any atom is 0.203 e. The van der Waals surface area contributed by atoms with Gasteiger partial charge < -0.3 is 9.47 Å². The average Bonchev–Trinajstić information content (AvgIpc) is 2.93. The third-order valence-electron chi connectivity index (χ3n) is 3.18. The standard InChI is InChI=1S/C14H15ClN2O2S/c15-14-16-13(17-20-14)12(10-6-2-1-3-7-10)19-11-8-4-5-9-18-11/h1-3,6-7,11-12H,4-5,8-9H2/t11-,12+/m0/s1. The minimum Gasteiger partial charge on any atom is -0.353 e. The van der Waals surface area contributed by atoms with Gasteiger partial charge in [0.2, 0.25) is 4.47 Å². The summed E-state index contributed by atoms with van der Waals surface area (Å²) in [5, 5.41) is 0. The molecule has 0 aliphatic carbocycles. The first-order chi connectivity index (χ1) is 9.83. The van der Waals surface area contributed by atoms with Crippen LogP contribution in [0.2, 0.25) is 4.47 Å². The van der Waals surface area contributed by atoms with Gasteiger partial charge in [-0.05, 0) is 48.0 Å². The molecule has 2 heterocycles. The lowest BCUT2D eigenvalue weighted by Crippen LogP contribution is -2.25. The van der Waals surface area contributed by atoms with Crippen LogP contribution in [0.25, 0.3) is 0 Å². The van der Waals surface area contributed by atoms with Crippen LogP contribution in [-0.4, -0.2) is 22.3 Å². The molecule has 6 heteroatoms. The van der Waals surface area contributed by atoms with E-state index in [0.717, 1.165) is 31.4 Å². The first-order valence-corrected chi connectivity index (χ1v) is 7.79. The summed E-state index contributed by atoms with van der Waals surface area (Å²) in [6.07, 6.45) is 2.59. The second-order valence-corrected chi connectivity index (χ2v) is 5.96. The van der Waals surface area contributed by atoms with Crippen LogP contribution in [0, 0.1) is 0 Å². The van der Waals surface area contributed by atoms with Crippen LogP contribution in [0.1, 0.15) is 36.8 Å². The fourth-order valence-electron chi connectivity index (χ4n) is 2.21. The van der Waals surface area contributed by atoms with Gasteiger partial charge in [-0.1, -0.05) is 30.3 Å². The topological polar surface area (TPSA) is 44.2 Å². The smallest absolute Gasteiger partial charge is 0.203 e. The minimum absolute atomic E-state index is 0.198. The summed E-state index contributed by atoms with van der Waals surface area (Å²) in [6.45, 7) is 0.747. The Bertz CT molecular complexity index is 543. The zero-order valence-corrected chi connectivity index (χ0v) is 12.4. The molecule has 106 valence electrons. The van der Waals surface area contributed by atoms with Crippen molar-refractivity contribution >= 4 is 23.1 Å². The van der Waals surface area contributed by atoms with E-state index in [1.807, 2.05) is 30.3 Å². The summed E-state index contributed by atoms with van der Waals surface area (Å²) in [5.74, 6) is 0.598. The van der Waals surface area contributed by atoms with E-state index < -0.39 is 0 Å². The van der Waals surface area contributed by atoms with Gasteiger partial charge in [0.25, 0.3) is 0 Å². The van der Waals surface area contributed by atoms with Crippen LogP contribution in [0.15, 0.2) is 30.3 Å². The fraction of sp³-hybridized carbons (Fsp3) is 0.429. The van der Waals surface area contributed by atoms with Gasteiger partial charge in [-0.2, -0.15) is 4.37 Å². The first-order valence-electron chi connectivity index (χ1n) is 6.64. The van der Waals surface area contributed by atoms with E-state index in [-0.39, 0.29) is 12.4 Å². The van der Waals surface area contributed by atoms with Crippen LogP contribution >= 0.6 is 23.1 Å². The third kappa shape index (κ3) is 3.35. The van der Waals surface area contributed by atoms with E-state index in [4.69, 9.17) is 21.1 Å². The van der Waals surface area contributed by atoms with Crippen molar-refractivity contribution < 1.29 is 9.47 Å². The lowest BCUT2D eigenvalue weighted by Gasteiger charge is -2.26. The molecule has 1 aliphatic heterocycles. The molecule has 2 aromatic rings. The van der Waals surface area contributed by atoms with Gasteiger partial charge in [0.05, 0.1) is 0 Å². The van der Waals surface area contributed by atoms with Gasteiger partial charge in [0, 0.05) is 6.61 Å². The minimum atomic E-state index is -0.331. The van der Waals surface area contributed by atoms with Crippen molar-refractivity contribution in [3.05, 3.63) is 46.2 Å². The first kappa shape index (κ1) is 13.9. The molecule has 0 bridgehead atoms. The van der Waals surface area contributed by atoms with E-state index in [1.54, 1.807) is 0 Å². The number of rotatable bonds is 4. The molecule has 0 radical (unpaired) electrons. The van der Waals surface area contributed by atoms with Crippen LogP contribution in [0.4, 0.5) is 0 Å². The van der Waals surface area contributed by atoms with Crippen molar-refractivity contribution in [3.8, 4) is 0 Å². The number of hydrogen-bond donors (Lipinski definition) is 0. The molecule has 0 spiro atoms.